The Kier molecular flexibility index (Phi) is 4.34. The van der Waals surface area contributed by atoms with E-state index in [9.17, 15) is 0 Å². The van der Waals surface area contributed by atoms with Crippen LogP contribution < -0.4 is 15.5 Å². The molecule has 2 atom stereocenters. The first-order valence-corrected chi connectivity index (χ1v) is 11.1. The van der Waals surface area contributed by atoms with Gasteiger partial charge in [0.15, 0.2) is 5.65 Å². The lowest BCUT2D eigenvalue weighted by atomic mass is 9.94. The van der Waals surface area contributed by atoms with Gasteiger partial charge in [-0.2, -0.15) is 19.6 Å². The van der Waals surface area contributed by atoms with E-state index in [-0.39, 0.29) is 0 Å². The van der Waals surface area contributed by atoms with Crippen LogP contribution in [-0.4, -0.2) is 55.2 Å². The number of anilines is 2. The van der Waals surface area contributed by atoms with Crippen molar-refractivity contribution in [3.63, 3.8) is 0 Å². The van der Waals surface area contributed by atoms with Crippen LogP contribution in [0.25, 0.3) is 16.7 Å². The Hall–Kier alpha value is -2.72. The van der Waals surface area contributed by atoms with Gasteiger partial charge in [-0.15, -0.1) is 0 Å². The number of rotatable bonds is 4. The van der Waals surface area contributed by atoms with Gasteiger partial charge in [-0.3, -0.25) is 0 Å². The second-order valence-electron chi connectivity index (χ2n) is 8.00. The molecule has 0 spiro atoms. The van der Waals surface area contributed by atoms with Crippen molar-refractivity contribution in [1.29, 1.82) is 0 Å². The number of halogens is 1. The van der Waals surface area contributed by atoms with Crippen LogP contribution in [-0.2, 0) is 6.54 Å². The predicted molar refractivity (Wildman–Crippen MR) is 119 cm³/mol. The Bertz CT molecular complexity index is 1170. The highest BCUT2D eigenvalue weighted by atomic mass is 79.9. The fraction of sp³-hybridized carbons (Fsp3) is 0.400. The Morgan fingerprint density at radius 3 is 3.00 bits per heavy atom. The lowest BCUT2D eigenvalue weighted by Crippen LogP contribution is -2.40. The number of hydrogen-bond acceptors (Lipinski definition) is 7. The van der Waals surface area contributed by atoms with Gasteiger partial charge in [0.25, 0.3) is 0 Å². The molecule has 2 aliphatic heterocycles. The number of imidazole rings is 1. The lowest BCUT2D eigenvalue weighted by Gasteiger charge is -2.24. The van der Waals surface area contributed by atoms with Gasteiger partial charge in [0.2, 0.25) is 11.9 Å². The first-order valence-electron chi connectivity index (χ1n) is 10.3. The smallest absolute Gasteiger partial charge is 0.230 e. The summed E-state index contributed by atoms with van der Waals surface area (Å²) < 4.78 is 2.59. The molecule has 4 aromatic rings. The maximum atomic E-state index is 4.84. The van der Waals surface area contributed by atoms with Crippen molar-refractivity contribution < 1.29 is 0 Å². The highest BCUT2D eigenvalue weighted by molar-refractivity contribution is 9.10. The zero-order valence-electron chi connectivity index (χ0n) is 16.3. The summed E-state index contributed by atoms with van der Waals surface area (Å²) in [7, 11) is 0. The van der Waals surface area contributed by atoms with Crippen LogP contribution >= 0.6 is 15.9 Å². The number of para-hydroxylation sites is 2. The minimum atomic E-state index is 0.518. The predicted octanol–water partition coefficient (Wildman–Crippen LogP) is 2.56. The van der Waals surface area contributed by atoms with E-state index in [1.165, 1.54) is 12.8 Å². The molecule has 9 nitrogen and oxygen atoms in total. The van der Waals surface area contributed by atoms with Gasteiger partial charge < -0.3 is 20.5 Å². The largest absolute Gasteiger partial charge is 0.347 e. The van der Waals surface area contributed by atoms with Crippen molar-refractivity contribution in [2.75, 3.05) is 29.9 Å². The Morgan fingerprint density at radius 2 is 2.10 bits per heavy atom. The summed E-state index contributed by atoms with van der Waals surface area (Å²) in [6.07, 6.45) is 4.27. The van der Waals surface area contributed by atoms with Crippen LogP contribution in [0.1, 0.15) is 18.7 Å². The third kappa shape index (κ3) is 3.10. The van der Waals surface area contributed by atoms with E-state index in [4.69, 9.17) is 9.97 Å². The van der Waals surface area contributed by atoms with Crippen molar-refractivity contribution in [3.05, 3.63) is 40.8 Å². The SMILES string of the molecule is Brc1cnn2c(NCc3nc4ccccc4[nH]3)nc(N3C[C@@H]4CCCN[C@@H]4C3)nc12. The topological polar surface area (TPSA) is 99.1 Å². The van der Waals surface area contributed by atoms with Crippen LogP contribution in [0.15, 0.2) is 34.9 Å². The van der Waals surface area contributed by atoms with Gasteiger partial charge in [0.1, 0.15) is 5.82 Å². The van der Waals surface area contributed by atoms with E-state index in [0.29, 0.717) is 24.5 Å². The monoisotopic (exact) mass is 467 g/mol. The fourth-order valence-corrected chi connectivity index (χ4v) is 4.91. The van der Waals surface area contributed by atoms with Gasteiger partial charge in [-0.1, -0.05) is 12.1 Å². The molecule has 1 aromatic carbocycles. The van der Waals surface area contributed by atoms with E-state index < -0.39 is 0 Å². The normalized spacial score (nSPS) is 21.4. The molecule has 3 aromatic heterocycles. The van der Waals surface area contributed by atoms with Gasteiger partial charge in [0.05, 0.1) is 28.2 Å². The molecule has 0 saturated carbocycles. The summed E-state index contributed by atoms with van der Waals surface area (Å²) in [5.74, 6) is 2.92. The van der Waals surface area contributed by atoms with E-state index in [1.807, 2.05) is 24.3 Å². The number of aromatic amines is 1. The Morgan fingerprint density at radius 1 is 1.17 bits per heavy atom. The summed E-state index contributed by atoms with van der Waals surface area (Å²) in [6, 6.07) is 8.55. The van der Waals surface area contributed by atoms with Crippen molar-refractivity contribution in [1.82, 2.24) is 34.9 Å². The van der Waals surface area contributed by atoms with E-state index >= 15 is 0 Å². The molecule has 5 heterocycles. The van der Waals surface area contributed by atoms with Crippen molar-refractivity contribution >= 4 is 44.5 Å². The standard InChI is InChI=1S/C20H22BrN9/c21-13-8-24-30-18(13)27-20(29-10-12-4-3-7-22-16(12)11-29)28-19(30)23-9-17-25-14-5-1-2-6-15(14)26-17/h1-2,5-6,8,12,16,22H,3-4,7,9-11H2,(H,25,26)(H,23,27,28)/t12-,16+/m0/s1. The molecule has 30 heavy (non-hydrogen) atoms. The number of piperidine rings is 1. The molecular weight excluding hydrogens is 446 g/mol. The third-order valence-electron chi connectivity index (χ3n) is 6.05. The summed E-state index contributed by atoms with van der Waals surface area (Å²) in [6.45, 7) is 3.55. The van der Waals surface area contributed by atoms with E-state index in [1.54, 1.807) is 10.7 Å². The average molecular weight is 468 g/mol. The number of nitrogens with one attached hydrogen (secondary N) is 3. The molecule has 0 unspecified atom stereocenters. The summed E-state index contributed by atoms with van der Waals surface area (Å²) in [5.41, 5.74) is 2.74. The summed E-state index contributed by atoms with van der Waals surface area (Å²) in [4.78, 5) is 19.9. The number of fused-ring (bicyclic) bond motifs is 3. The number of aromatic nitrogens is 6. The number of nitrogens with zero attached hydrogens (tertiary/aromatic N) is 6. The van der Waals surface area contributed by atoms with Gasteiger partial charge in [-0.25, -0.2) is 4.98 Å². The van der Waals surface area contributed by atoms with E-state index in [2.05, 4.69) is 46.5 Å². The molecule has 0 aliphatic carbocycles. The Labute approximate surface area is 181 Å². The first kappa shape index (κ1) is 18.1. The summed E-state index contributed by atoms with van der Waals surface area (Å²) >= 11 is 3.57. The van der Waals surface area contributed by atoms with Crippen molar-refractivity contribution in [3.8, 4) is 0 Å². The van der Waals surface area contributed by atoms with Gasteiger partial charge in [0, 0.05) is 19.1 Å². The molecule has 0 radical (unpaired) electrons. The minimum Gasteiger partial charge on any atom is -0.347 e. The molecule has 2 aliphatic rings. The molecule has 0 amide bonds. The molecule has 10 heteroatoms. The maximum Gasteiger partial charge on any atom is 0.230 e. The quantitative estimate of drug-likeness (QED) is 0.424. The van der Waals surface area contributed by atoms with Crippen LogP contribution in [0.5, 0.6) is 0 Å². The van der Waals surface area contributed by atoms with Crippen LogP contribution in [0.3, 0.4) is 0 Å². The number of benzene rings is 1. The van der Waals surface area contributed by atoms with Crippen LogP contribution in [0, 0.1) is 5.92 Å². The highest BCUT2D eigenvalue weighted by Gasteiger charge is 2.35. The fourth-order valence-electron chi connectivity index (χ4n) is 4.56. The maximum absolute atomic E-state index is 4.84. The van der Waals surface area contributed by atoms with Crippen molar-refractivity contribution in [2.24, 2.45) is 5.92 Å². The average Bonchev–Trinajstić information content (AvgIpc) is 3.48. The van der Waals surface area contributed by atoms with E-state index in [0.717, 1.165) is 52.6 Å². The second-order valence-corrected chi connectivity index (χ2v) is 8.85. The van der Waals surface area contributed by atoms with Crippen LogP contribution in [0.4, 0.5) is 11.9 Å². The molecule has 2 fully saturated rings. The molecule has 2 saturated heterocycles. The van der Waals surface area contributed by atoms with Gasteiger partial charge >= 0.3 is 0 Å². The first-order chi connectivity index (χ1) is 14.7. The second kappa shape index (κ2) is 7.21. The van der Waals surface area contributed by atoms with Crippen molar-refractivity contribution in [2.45, 2.75) is 25.4 Å². The number of hydrogen-bond donors (Lipinski definition) is 3. The highest BCUT2D eigenvalue weighted by Crippen LogP contribution is 2.29. The van der Waals surface area contributed by atoms with Gasteiger partial charge in [-0.05, 0) is 53.4 Å². The molecular formula is C20H22BrN9. The minimum absolute atomic E-state index is 0.518. The summed E-state index contributed by atoms with van der Waals surface area (Å²) in [5, 5.41) is 11.5. The third-order valence-corrected chi connectivity index (χ3v) is 6.61. The molecule has 0 bridgehead atoms. The Balaban J connectivity index is 1.31. The molecule has 154 valence electrons. The zero-order valence-corrected chi connectivity index (χ0v) is 17.9. The molecule has 3 N–H and O–H groups in total. The molecule has 6 rings (SSSR count). The van der Waals surface area contributed by atoms with Crippen LogP contribution in [0.2, 0.25) is 0 Å². The lowest BCUT2D eigenvalue weighted by molar-refractivity contribution is 0.340. The number of H-pyrrole nitrogens is 1. The zero-order chi connectivity index (χ0) is 20.1.